The molecule has 26 heavy (non-hydrogen) atoms. The van der Waals surface area contributed by atoms with Crippen molar-refractivity contribution in [2.75, 3.05) is 6.54 Å². The Bertz CT molecular complexity index is 779. The zero-order chi connectivity index (χ0) is 19.3. The molecule has 140 valence electrons. The van der Waals surface area contributed by atoms with E-state index < -0.39 is 28.9 Å². The van der Waals surface area contributed by atoms with Crippen molar-refractivity contribution >= 4 is 17.7 Å². The molecule has 1 amide bonds. The number of carbonyl (C=O) groups excluding carboxylic acids is 3. The molecule has 0 aliphatic carbocycles. The Balaban J connectivity index is 1.84. The van der Waals surface area contributed by atoms with E-state index >= 15 is 0 Å². The number of fused-ring (bicyclic) bond motifs is 1. The first-order valence-electron chi connectivity index (χ1n) is 8.91. The van der Waals surface area contributed by atoms with Gasteiger partial charge in [0.2, 0.25) is 11.6 Å². The monoisotopic (exact) mass is 359 g/mol. The number of ether oxygens (including phenoxy) is 2. The van der Waals surface area contributed by atoms with Gasteiger partial charge in [-0.05, 0) is 52.3 Å². The van der Waals surface area contributed by atoms with E-state index in [4.69, 9.17) is 9.47 Å². The van der Waals surface area contributed by atoms with Gasteiger partial charge in [-0.15, -0.1) is 0 Å². The van der Waals surface area contributed by atoms with Crippen molar-refractivity contribution in [1.29, 1.82) is 0 Å². The second kappa shape index (κ2) is 6.11. The minimum atomic E-state index is -1.20. The van der Waals surface area contributed by atoms with Crippen LogP contribution in [0.2, 0.25) is 0 Å². The van der Waals surface area contributed by atoms with Crippen LogP contribution in [0, 0.1) is 6.92 Å². The highest BCUT2D eigenvalue weighted by molar-refractivity contribution is 6.47. The van der Waals surface area contributed by atoms with Crippen LogP contribution in [0.15, 0.2) is 18.2 Å². The average molecular weight is 359 g/mol. The molecule has 0 saturated carbocycles. The third-order valence-corrected chi connectivity index (χ3v) is 4.85. The molecule has 2 aliphatic heterocycles. The molecular weight excluding hydrogens is 334 g/mol. The summed E-state index contributed by atoms with van der Waals surface area (Å²) in [6, 6.07) is 4.93. The molecule has 2 heterocycles. The van der Waals surface area contributed by atoms with Gasteiger partial charge >= 0.3 is 6.09 Å². The van der Waals surface area contributed by atoms with Crippen molar-refractivity contribution in [2.45, 2.75) is 64.7 Å². The van der Waals surface area contributed by atoms with E-state index in [2.05, 4.69) is 0 Å². The zero-order valence-corrected chi connectivity index (χ0v) is 15.9. The van der Waals surface area contributed by atoms with Crippen LogP contribution >= 0.6 is 0 Å². The van der Waals surface area contributed by atoms with Crippen LogP contribution in [0.4, 0.5) is 4.79 Å². The highest BCUT2D eigenvalue weighted by Crippen LogP contribution is 2.39. The Morgan fingerprint density at radius 3 is 2.62 bits per heavy atom. The van der Waals surface area contributed by atoms with Crippen molar-refractivity contribution in [3.8, 4) is 5.75 Å². The third kappa shape index (κ3) is 3.20. The van der Waals surface area contributed by atoms with Crippen molar-refractivity contribution in [3.05, 3.63) is 29.3 Å². The normalized spacial score (nSPS) is 25.7. The molecule has 0 unspecified atom stereocenters. The van der Waals surface area contributed by atoms with E-state index in [1.54, 1.807) is 23.1 Å². The van der Waals surface area contributed by atoms with Crippen LogP contribution in [0.5, 0.6) is 5.75 Å². The Hall–Kier alpha value is -2.37. The van der Waals surface area contributed by atoms with Crippen molar-refractivity contribution in [2.24, 2.45) is 0 Å². The molecule has 1 aromatic rings. The second-order valence-electron chi connectivity index (χ2n) is 8.23. The van der Waals surface area contributed by atoms with E-state index in [1.807, 2.05) is 34.6 Å². The minimum Gasteiger partial charge on any atom is -0.478 e. The molecule has 1 aromatic carbocycles. The standard InChI is InChI=1S/C20H25NO5/c1-12-6-7-14-15(10-12)25-20(17(23)16(14)22)8-9-21(13(2)11-20)18(24)26-19(3,4)5/h6-7,10,13H,8-9,11H2,1-5H3/t13-,20+/m0/s1. The van der Waals surface area contributed by atoms with Crippen molar-refractivity contribution in [3.63, 3.8) is 0 Å². The van der Waals surface area contributed by atoms with Crippen LogP contribution in [0.3, 0.4) is 0 Å². The van der Waals surface area contributed by atoms with Gasteiger partial charge < -0.3 is 14.4 Å². The largest absolute Gasteiger partial charge is 0.478 e. The number of likely N-dealkylation sites (tertiary alicyclic amines) is 1. The topological polar surface area (TPSA) is 72.9 Å². The zero-order valence-electron chi connectivity index (χ0n) is 15.9. The van der Waals surface area contributed by atoms with Gasteiger partial charge in [0, 0.05) is 25.4 Å². The Labute approximate surface area is 153 Å². The van der Waals surface area contributed by atoms with Crippen LogP contribution in [-0.4, -0.2) is 46.3 Å². The van der Waals surface area contributed by atoms with Crippen LogP contribution in [0.25, 0.3) is 0 Å². The highest BCUT2D eigenvalue weighted by atomic mass is 16.6. The van der Waals surface area contributed by atoms with Crippen molar-refractivity contribution in [1.82, 2.24) is 4.90 Å². The number of hydrogen-bond acceptors (Lipinski definition) is 5. The number of benzene rings is 1. The van der Waals surface area contributed by atoms with Gasteiger partial charge in [-0.1, -0.05) is 6.07 Å². The summed E-state index contributed by atoms with van der Waals surface area (Å²) in [7, 11) is 0. The Morgan fingerprint density at radius 1 is 1.31 bits per heavy atom. The van der Waals surface area contributed by atoms with Gasteiger partial charge in [0.05, 0.1) is 5.56 Å². The second-order valence-corrected chi connectivity index (χ2v) is 8.23. The summed E-state index contributed by atoms with van der Waals surface area (Å²) in [5, 5.41) is 0. The Morgan fingerprint density at radius 2 is 2.00 bits per heavy atom. The van der Waals surface area contributed by atoms with Gasteiger partial charge in [-0.25, -0.2) is 4.79 Å². The number of piperidine rings is 1. The molecule has 6 heteroatoms. The lowest BCUT2D eigenvalue weighted by Gasteiger charge is -2.45. The highest BCUT2D eigenvalue weighted by Gasteiger charge is 2.53. The molecule has 0 bridgehead atoms. The SMILES string of the molecule is Cc1ccc2c(c1)O[C@@]1(CCN(C(=O)OC(C)(C)C)[C@@H](C)C1)C(=O)C2=O. The predicted molar refractivity (Wildman–Crippen MR) is 95.5 cm³/mol. The first kappa shape index (κ1) is 18.4. The van der Waals surface area contributed by atoms with E-state index in [9.17, 15) is 14.4 Å². The number of ketones is 2. The predicted octanol–water partition coefficient (Wildman–Crippen LogP) is 3.30. The molecule has 1 saturated heterocycles. The lowest BCUT2D eigenvalue weighted by Crippen LogP contribution is -2.61. The molecule has 3 rings (SSSR count). The number of amides is 1. The molecule has 1 fully saturated rings. The van der Waals surface area contributed by atoms with E-state index in [0.717, 1.165) is 5.56 Å². The number of hydrogen-bond donors (Lipinski definition) is 0. The third-order valence-electron chi connectivity index (χ3n) is 4.85. The quantitative estimate of drug-likeness (QED) is 0.665. The fourth-order valence-corrected chi connectivity index (χ4v) is 3.59. The number of carbonyl (C=O) groups is 3. The molecule has 2 aliphatic rings. The maximum atomic E-state index is 12.8. The molecular formula is C20H25NO5. The lowest BCUT2D eigenvalue weighted by atomic mass is 9.78. The van der Waals surface area contributed by atoms with Gasteiger partial charge in [-0.2, -0.15) is 0 Å². The van der Waals surface area contributed by atoms with Gasteiger partial charge in [0.1, 0.15) is 11.4 Å². The van der Waals surface area contributed by atoms with Crippen LogP contribution < -0.4 is 4.74 Å². The van der Waals surface area contributed by atoms with E-state index in [0.29, 0.717) is 17.9 Å². The van der Waals surface area contributed by atoms with Crippen LogP contribution in [-0.2, 0) is 9.53 Å². The number of Topliss-reactive ketones (excluding diaryl/α,β-unsaturated/α-hetero) is 2. The summed E-state index contributed by atoms with van der Waals surface area (Å²) >= 11 is 0. The van der Waals surface area contributed by atoms with Gasteiger partial charge in [0.25, 0.3) is 0 Å². The summed E-state index contributed by atoms with van der Waals surface area (Å²) in [6.07, 6.45) is 0.129. The molecule has 0 aromatic heterocycles. The summed E-state index contributed by atoms with van der Waals surface area (Å²) in [5.74, 6) is -0.582. The number of rotatable bonds is 0. The Kier molecular flexibility index (Phi) is 4.33. The van der Waals surface area contributed by atoms with E-state index in [-0.39, 0.29) is 18.9 Å². The minimum absolute atomic E-state index is 0.268. The molecule has 0 N–H and O–H groups in total. The fraction of sp³-hybridized carbons (Fsp3) is 0.550. The van der Waals surface area contributed by atoms with Crippen molar-refractivity contribution < 1.29 is 23.9 Å². The van der Waals surface area contributed by atoms with Crippen LogP contribution in [0.1, 0.15) is 56.5 Å². The average Bonchev–Trinajstić information content (AvgIpc) is 2.51. The molecule has 1 spiro atoms. The molecule has 0 radical (unpaired) electrons. The fourth-order valence-electron chi connectivity index (χ4n) is 3.59. The maximum Gasteiger partial charge on any atom is 0.410 e. The lowest BCUT2D eigenvalue weighted by molar-refractivity contribution is -0.137. The first-order chi connectivity index (χ1) is 12.0. The maximum absolute atomic E-state index is 12.8. The van der Waals surface area contributed by atoms with E-state index in [1.165, 1.54) is 0 Å². The number of aryl methyl sites for hydroxylation is 1. The van der Waals surface area contributed by atoms with Gasteiger partial charge in [-0.3, -0.25) is 9.59 Å². The smallest absolute Gasteiger partial charge is 0.410 e. The van der Waals surface area contributed by atoms with Gasteiger partial charge in [0.15, 0.2) is 5.60 Å². The number of nitrogens with zero attached hydrogens (tertiary/aromatic N) is 1. The summed E-state index contributed by atoms with van der Waals surface area (Å²) in [6.45, 7) is 9.49. The molecule has 6 nitrogen and oxygen atoms in total. The molecule has 2 atom stereocenters. The first-order valence-corrected chi connectivity index (χ1v) is 8.91. The summed E-state index contributed by atoms with van der Waals surface area (Å²) < 4.78 is 11.5. The summed E-state index contributed by atoms with van der Waals surface area (Å²) in [5.41, 5.74) is -0.514. The summed E-state index contributed by atoms with van der Waals surface area (Å²) in [4.78, 5) is 39.4.